The van der Waals surface area contributed by atoms with Crippen molar-refractivity contribution in [3.63, 3.8) is 0 Å². The molecule has 0 unspecified atom stereocenters. The van der Waals surface area contributed by atoms with Gasteiger partial charge in [0.25, 0.3) is 5.91 Å². The number of nitrogens with zero attached hydrogens (tertiary/aromatic N) is 1. The Kier molecular flexibility index (Phi) is 7.42. The van der Waals surface area contributed by atoms with E-state index in [4.69, 9.17) is 21.1 Å². The molecule has 1 saturated heterocycles. The van der Waals surface area contributed by atoms with Crippen LogP contribution in [0.4, 0.5) is 5.69 Å². The molecule has 1 N–H and O–H groups in total. The van der Waals surface area contributed by atoms with Gasteiger partial charge in [0.15, 0.2) is 16.7 Å². The normalized spacial score (nSPS) is 15.7. The molecular weight excluding hydrogens is 524 g/mol. The van der Waals surface area contributed by atoms with Crippen LogP contribution in [0.25, 0.3) is 6.08 Å². The lowest BCUT2D eigenvalue weighted by atomic mass is 10.2. The summed E-state index contributed by atoms with van der Waals surface area (Å²) in [7, 11) is 1.59. The number of amides is 1. The predicted octanol–water partition coefficient (Wildman–Crippen LogP) is 6.89. The van der Waals surface area contributed by atoms with Crippen molar-refractivity contribution in [3.8, 4) is 11.5 Å². The van der Waals surface area contributed by atoms with Gasteiger partial charge in [0, 0.05) is 9.50 Å². The van der Waals surface area contributed by atoms with Crippen molar-refractivity contribution in [1.29, 1.82) is 0 Å². The maximum Gasteiger partial charge on any atom is 0.264 e. The highest BCUT2D eigenvalue weighted by Crippen LogP contribution is 2.37. The van der Waals surface area contributed by atoms with Crippen LogP contribution in [0.1, 0.15) is 16.7 Å². The summed E-state index contributed by atoms with van der Waals surface area (Å²) >= 11 is 10.9. The second-order valence-corrected chi connectivity index (χ2v) is 9.53. The molecule has 3 aromatic carbocycles. The summed E-state index contributed by atoms with van der Waals surface area (Å²) < 4.78 is 12.3. The van der Waals surface area contributed by atoms with Gasteiger partial charge < -0.3 is 14.8 Å². The average molecular weight is 544 g/mol. The van der Waals surface area contributed by atoms with E-state index in [9.17, 15) is 4.79 Å². The number of methoxy groups -OCH3 is 1. The number of rotatable bonds is 6. The molecule has 1 heterocycles. The van der Waals surface area contributed by atoms with Crippen molar-refractivity contribution in [2.75, 3.05) is 7.11 Å². The number of amidine groups is 1. The van der Waals surface area contributed by atoms with Gasteiger partial charge in [-0.05, 0) is 71.8 Å². The Morgan fingerprint density at radius 3 is 2.64 bits per heavy atom. The molecular formula is C25H20BrClN2O3S. The number of carbonyl (C=O) groups excluding carboxylic acids is 1. The predicted molar refractivity (Wildman–Crippen MR) is 138 cm³/mol. The Labute approximate surface area is 210 Å². The van der Waals surface area contributed by atoms with Gasteiger partial charge in [-0.25, -0.2) is 4.99 Å². The van der Waals surface area contributed by atoms with Crippen molar-refractivity contribution in [2.24, 2.45) is 4.99 Å². The van der Waals surface area contributed by atoms with Crippen molar-refractivity contribution in [2.45, 2.75) is 13.5 Å². The molecule has 0 bridgehead atoms. The van der Waals surface area contributed by atoms with Gasteiger partial charge in [0.1, 0.15) is 6.61 Å². The number of benzene rings is 3. The van der Waals surface area contributed by atoms with E-state index < -0.39 is 0 Å². The van der Waals surface area contributed by atoms with Gasteiger partial charge in [-0.3, -0.25) is 4.79 Å². The first-order valence-corrected chi connectivity index (χ1v) is 12.0. The third kappa shape index (κ3) is 5.79. The Hall–Kier alpha value is -2.74. The molecule has 1 aliphatic heterocycles. The third-order valence-corrected chi connectivity index (χ3v) is 6.67. The van der Waals surface area contributed by atoms with Crippen LogP contribution in [0.2, 0.25) is 5.02 Å². The van der Waals surface area contributed by atoms with Crippen molar-refractivity contribution in [3.05, 3.63) is 91.8 Å². The molecule has 168 valence electrons. The lowest BCUT2D eigenvalue weighted by molar-refractivity contribution is -0.115. The molecule has 0 aliphatic carbocycles. The fraction of sp³-hybridized carbons (Fsp3) is 0.120. The summed E-state index contributed by atoms with van der Waals surface area (Å²) in [4.78, 5) is 17.6. The average Bonchev–Trinajstić information content (AvgIpc) is 3.15. The zero-order valence-electron chi connectivity index (χ0n) is 17.9. The second-order valence-electron chi connectivity index (χ2n) is 7.21. The van der Waals surface area contributed by atoms with Crippen molar-refractivity contribution >= 4 is 62.1 Å². The molecule has 1 amide bonds. The fourth-order valence-corrected chi connectivity index (χ4v) is 4.63. The zero-order valence-corrected chi connectivity index (χ0v) is 21.1. The van der Waals surface area contributed by atoms with E-state index >= 15 is 0 Å². The zero-order chi connectivity index (χ0) is 23.4. The Balaban J connectivity index is 1.55. The Morgan fingerprint density at radius 1 is 1.12 bits per heavy atom. The SMILES string of the molecule is COc1cc(/C=C2\SC(=Nc3ccc(Cl)cc3C)NC2=O)c(Br)cc1OCc1ccccc1. The van der Waals surface area contributed by atoms with Crippen LogP contribution in [-0.4, -0.2) is 18.2 Å². The van der Waals surface area contributed by atoms with Crippen LogP contribution in [-0.2, 0) is 11.4 Å². The van der Waals surface area contributed by atoms with E-state index in [2.05, 4.69) is 26.2 Å². The number of halogens is 2. The molecule has 5 nitrogen and oxygen atoms in total. The molecule has 1 aliphatic rings. The summed E-state index contributed by atoms with van der Waals surface area (Å²) in [6.45, 7) is 2.35. The number of hydrogen-bond acceptors (Lipinski definition) is 5. The fourth-order valence-electron chi connectivity index (χ4n) is 3.14. The number of aryl methyl sites for hydroxylation is 1. The number of nitrogens with one attached hydrogen (secondary N) is 1. The van der Waals surface area contributed by atoms with Gasteiger partial charge in [0.05, 0.1) is 17.7 Å². The number of carbonyl (C=O) groups is 1. The largest absolute Gasteiger partial charge is 0.493 e. The maximum atomic E-state index is 12.5. The standard InChI is InChI=1S/C25H20BrClN2O3S/c1-15-10-18(27)8-9-20(15)28-25-29-24(30)23(33-25)12-17-11-21(31-2)22(13-19(17)26)32-14-16-6-4-3-5-7-16/h3-13H,14H2,1-2H3,(H,28,29,30)/b23-12-. The summed E-state index contributed by atoms with van der Waals surface area (Å²) in [5, 5.41) is 3.98. The van der Waals surface area contributed by atoms with Crippen LogP contribution in [0, 0.1) is 6.92 Å². The molecule has 8 heteroatoms. The summed E-state index contributed by atoms with van der Waals surface area (Å²) in [5.74, 6) is 0.982. The van der Waals surface area contributed by atoms with Gasteiger partial charge >= 0.3 is 0 Å². The van der Waals surface area contributed by atoms with E-state index in [0.717, 1.165) is 26.9 Å². The first-order chi connectivity index (χ1) is 15.9. The maximum absolute atomic E-state index is 12.5. The molecule has 0 atom stereocenters. The molecule has 1 fully saturated rings. The smallest absolute Gasteiger partial charge is 0.264 e. The quantitative estimate of drug-likeness (QED) is 0.344. The number of aliphatic imine (C=N–C) groups is 1. The van der Waals surface area contributed by atoms with Gasteiger partial charge in [0.2, 0.25) is 0 Å². The second kappa shape index (κ2) is 10.5. The van der Waals surface area contributed by atoms with Crippen LogP contribution < -0.4 is 14.8 Å². The lowest BCUT2D eigenvalue weighted by Gasteiger charge is -2.13. The number of ether oxygens (including phenoxy) is 2. The van der Waals surface area contributed by atoms with E-state index in [1.54, 1.807) is 19.3 Å². The van der Waals surface area contributed by atoms with E-state index in [1.807, 2.05) is 61.5 Å². The molecule has 4 rings (SSSR count). The Bertz CT molecular complexity index is 1260. The highest BCUT2D eigenvalue weighted by Gasteiger charge is 2.24. The van der Waals surface area contributed by atoms with Crippen LogP contribution in [0.15, 0.2) is 75.0 Å². The van der Waals surface area contributed by atoms with E-state index in [-0.39, 0.29) is 5.91 Å². The highest BCUT2D eigenvalue weighted by atomic mass is 79.9. The molecule has 0 radical (unpaired) electrons. The number of hydrogen-bond donors (Lipinski definition) is 1. The minimum atomic E-state index is -0.208. The summed E-state index contributed by atoms with van der Waals surface area (Å²) in [5.41, 5.74) is 3.54. The van der Waals surface area contributed by atoms with Crippen LogP contribution in [0.3, 0.4) is 0 Å². The van der Waals surface area contributed by atoms with Gasteiger partial charge in [-0.1, -0.05) is 57.9 Å². The first kappa shape index (κ1) is 23.4. The first-order valence-electron chi connectivity index (χ1n) is 10.0. The minimum absolute atomic E-state index is 0.208. The third-order valence-electron chi connectivity index (χ3n) is 4.84. The minimum Gasteiger partial charge on any atom is -0.493 e. The molecule has 3 aromatic rings. The topological polar surface area (TPSA) is 59.9 Å². The van der Waals surface area contributed by atoms with E-state index in [1.165, 1.54) is 11.8 Å². The number of thioether (sulfide) groups is 1. The monoisotopic (exact) mass is 542 g/mol. The molecule has 0 spiro atoms. The molecule has 33 heavy (non-hydrogen) atoms. The van der Waals surface area contributed by atoms with E-state index in [0.29, 0.717) is 33.2 Å². The highest BCUT2D eigenvalue weighted by molar-refractivity contribution is 9.10. The van der Waals surface area contributed by atoms with Crippen LogP contribution >= 0.6 is 39.3 Å². The van der Waals surface area contributed by atoms with Crippen LogP contribution in [0.5, 0.6) is 11.5 Å². The Morgan fingerprint density at radius 2 is 1.91 bits per heavy atom. The van der Waals surface area contributed by atoms with Gasteiger partial charge in [-0.15, -0.1) is 0 Å². The van der Waals surface area contributed by atoms with Crippen molar-refractivity contribution in [1.82, 2.24) is 5.32 Å². The summed E-state index contributed by atoms with van der Waals surface area (Å²) in [6, 6.07) is 19.0. The van der Waals surface area contributed by atoms with Crippen molar-refractivity contribution < 1.29 is 14.3 Å². The molecule has 0 saturated carbocycles. The summed E-state index contributed by atoms with van der Waals surface area (Å²) in [6.07, 6.45) is 1.80. The molecule has 0 aromatic heterocycles. The lowest BCUT2D eigenvalue weighted by Crippen LogP contribution is -2.19. The van der Waals surface area contributed by atoms with Gasteiger partial charge in [-0.2, -0.15) is 0 Å².